The number of hydrazone groups is 1. The van der Waals surface area contributed by atoms with Gasteiger partial charge in [-0.25, -0.2) is 0 Å². The number of methoxy groups -OCH3 is 1. The van der Waals surface area contributed by atoms with E-state index in [0.717, 1.165) is 0 Å². The Morgan fingerprint density at radius 1 is 1.33 bits per heavy atom. The van der Waals surface area contributed by atoms with Crippen molar-refractivity contribution in [3.05, 3.63) is 58.1 Å². The van der Waals surface area contributed by atoms with Crippen molar-refractivity contribution in [1.29, 1.82) is 5.26 Å². The van der Waals surface area contributed by atoms with Crippen LogP contribution in [0.2, 0.25) is 0 Å². The second-order valence-electron chi connectivity index (χ2n) is 4.50. The van der Waals surface area contributed by atoms with E-state index in [-0.39, 0.29) is 12.3 Å². The van der Waals surface area contributed by atoms with E-state index in [4.69, 9.17) is 14.7 Å². The third-order valence-corrected chi connectivity index (χ3v) is 2.98. The van der Waals surface area contributed by atoms with Gasteiger partial charge in [0.05, 0.1) is 18.2 Å². The molecule has 24 heavy (non-hydrogen) atoms. The first-order valence-electron chi connectivity index (χ1n) is 6.86. The Morgan fingerprint density at radius 3 is 2.83 bits per heavy atom. The molecular weight excluding hydrogens is 312 g/mol. The van der Waals surface area contributed by atoms with Gasteiger partial charge in [-0.2, -0.15) is 10.4 Å². The number of ether oxygens (including phenoxy) is 2. The van der Waals surface area contributed by atoms with Crippen molar-refractivity contribution < 1.29 is 14.4 Å². The molecule has 0 unspecified atom stereocenters. The summed E-state index contributed by atoms with van der Waals surface area (Å²) in [5, 5.41) is 23.5. The molecule has 1 N–H and O–H groups in total. The molecule has 2 aromatic carbocycles. The minimum absolute atomic E-state index is 0.0625. The van der Waals surface area contributed by atoms with Gasteiger partial charge in [-0.3, -0.25) is 15.5 Å². The highest BCUT2D eigenvalue weighted by Gasteiger charge is 2.11. The SMILES string of the molecule is COc1cc(/C=N\Nc2ccccc2[N+](=O)[O-])ccc1OCC#N. The van der Waals surface area contributed by atoms with Gasteiger partial charge >= 0.3 is 0 Å². The molecule has 0 aliphatic carbocycles. The van der Waals surface area contributed by atoms with Gasteiger partial charge < -0.3 is 9.47 Å². The number of nitrogens with one attached hydrogen (secondary N) is 1. The van der Waals surface area contributed by atoms with Crippen LogP contribution in [0.5, 0.6) is 11.5 Å². The number of rotatable bonds is 7. The highest BCUT2D eigenvalue weighted by molar-refractivity contribution is 5.81. The van der Waals surface area contributed by atoms with E-state index in [9.17, 15) is 10.1 Å². The molecule has 0 saturated carbocycles. The Hall–Kier alpha value is -3.60. The fourth-order valence-corrected chi connectivity index (χ4v) is 1.90. The largest absolute Gasteiger partial charge is 0.493 e. The molecule has 0 bridgehead atoms. The van der Waals surface area contributed by atoms with Crippen molar-refractivity contribution in [3.8, 4) is 17.6 Å². The maximum atomic E-state index is 10.9. The van der Waals surface area contributed by atoms with Crippen LogP contribution < -0.4 is 14.9 Å². The van der Waals surface area contributed by atoms with E-state index in [1.54, 1.807) is 36.4 Å². The third-order valence-electron chi connectivity index (χ3n) is 2.98. The standard InChI is InChI=1S/C16H14N4O4/c1-23-16-10-12(6-7-15(16)24-9-8-17)11-18-19-13-4-2-3-5-14(13)20(21)22/h2-7,10-11,19H,9H2,1H3/b18-11-. The summed E-state index contributed by atoms with van der Waals surface area (Å²) in [5.41, 5.74) is 3.57. The number of anilines is 1. The van der Waals surface area contributed by atoms with E-state index in [0.29, 0.717) is 22.7 Å². The van der Waals surface area contributed by atoms with E-state index >= 15 is 0 Å². The molecule has 0 saturated heterocycles. The van der Waals surface area contributed by atoms with Crippen LogP contribution in [0.1, 0.15) is 5.56 Å². The zero-order valence-electron chi connectivity index (χ0n) is 12.8. The van der Waals surface area contributed by atoms with Crippen LogP contribution in [0, 0.1) is 21.4 Å². The number of nitrogens with zero attached hydrogens (tertiary/aromatic N) is 3. The lowest BCUT2D eigenvalue weighted by Gasteiger charge is -2.08. The molecule has 0 spiro atoms. The van der Waals surface area contributed by atoms with Gasteiger partial charge in [0.2, 0.25) is 0 Å². The minimum atomic E-state index is -0.484. The van der Waals surface area contributed by atoms with Gasteiger partial charge in [-0.05, 0) is 29.8 Å². The number of nitro benzene ring substituents is 1. The first-order valence-corrected chi connectivity index (χ1v) is 6.86. The number of nitriles is 1. The summed E-state index contributed by atoms with van der Waals surface area (Å²) in [4.78, 5) is 10.4. The molecule has 0 aliphatic heterocycles. The summed E-state index contributed by atoms with van der Waals surface area (Å²) in [6.07, 6.45) is 1.49. The molecule has 2 aromatic rings. The summed E-state index contributed by atoms with van der Waals surface area (Å²) in [6.45, 7) is -0.0803. The first-order chi connectivity index (χ1) is 11.7. The third kappa shape index (κ3) is 4.20. The van der Waals surface area contributed by atoms with E-state index in [1.165, 1.54) is 19.4 Å². The predicted molar refractivity (Wildman–Crippen MR) is 88.4 cm³/mol. The normalized spacial score (nSPS) is 10.2. The molecule has 8 heteroatoms. The Morgan fingerprint density at radius 2 is 2.12 bits per heavy atom. The topological polar surface area (TPSA) is 110 Å². The van der Waals surface area contributed by atoms with E-state index in [2.05, 4.69) is 10.5 Å². The van der Waals surface area contributed by atoms with Crippen LogP contribution >= 0.6 is 0 Å². The number of nitro groups is 1. The highest BCUT2D eigenvalue weighted by atomic mass is 16.6. The number of benzene rings is 2. The fourth-order valence-electron chi connectivity index (χ4n) is 1.90. The number of para-hydroxylation sites is 2. The monoisotopic (exact) mass is 326 g/mol. The average Bonchev–Trinajstić information content (AvgIpc) is 2.60. The Balaban J connectivity index is 2.12. The lowest BCUT2D eigenvalue weighted by Crippen LogP contribution is -1.98. The van der Waals surface area contributed by atoms with Gasteiger partial charge in [0, 0.05) is 6.07 Å². The van der Waals surface area contributed by atoms with Crippen molar-refractivity contribution in [2.24, 2.45) is 5.10 Å². The zero-order valence-corrected chi connectivity index (χ0v) is 12.8. The van der Waals surface area contributed by atoms with Gasteiger partial charge in [0.15, 0.2) is 18.1 Å². The Kier molecular flexibility index (Phi) is 5.69. The van der Waals surface area contributed by atoms with Crippen molar-refractivity contribution in [1.82, 2.24) is 0 Å². The highest BCUT2D eigenvalue weighted by Crippen LogP contribution is 2.27. The smallest absolute Gasteiger partial charge is 0.294 e. The van der Waals surface area contributed by atoms with Crippen molar-refractivity contribution in [3.63, 3.8) is 0 Å². The second-order valence-corrected chi connectivity index (χ2v) is 4.50. The molecule has 0 radical (unpaired) electrons. The molecule has 2 rings (SSSR count). The van der Waals surface area contributed by atoms with Gasteiger partial charge in [-0.15, -0.1) is 0 Å². The van der Waals surface area contributed by atoms with Crippen molar-refractivity contribution in [2.45, 2.75) is 0 Å². The van der Waals surface area contributed by atoms with E-state index < -0.39 is 4.92 Å². The Bertz CT molecular complexity index is 799. The molecule has 122 valence electrons. The average molecular weight is 326 g/mol. The number of hydrogen-bond acceptors (Lipinski definition) is 7. The Labute approximate surface area is 138 Å². The summed E-state index contributed by atoms with van der Waals surface area (Å²) in [6, 6.07) is 13.1. The molecule has 0 atom stereocenters. The molecule has 0 amide bonds. The molecule has 0 aliphatic rings. The summed E-state index contributed by atoms with van der Waals surface area (Å²) >= 11 is 0. The van der Waals surface area contributed by atoms with Crippen molar-refractivity contribution in [2.75, 3.05) is 19.1 Å². The fraction of sp³-hybridized carbons (Fsp3) is 0.125. The van der Waals surface area contributed by atoms with Crippen molar-refractivity contribution >= 4 is 17.6 Å². The van der Waals surface area contributed by atoms with Crippen LogP contribution in [0.4, 0.5) is 11.4 Å². The van der Waals surface area contributed by atoms with E-state index in [1.807, 2.05) is 6.07 Å². The molecule has 0 aromatic heterocycles. The van der Waals surface area contributed by atoms with Crippen LogP contribution in [-0.2, 0) is 0 Å². The molecule has 0 heterocycles. The lowest BCUT2D eigenvalue weighted by molar-refractivity contribution is -0.384. The lowest BCUT2D eigenvalue weighted by atomic mass is 10.2. The number of hydrogen-bond donors (Lipinski definition) is 1. The summed E-state index contributed by atoms with van der Waals surface area (Å²) in [5.74, 6) is 0.905. The minimum Gasteiger partial charge on any atom is -0.493 e. The van der Waals surface area contributed by atoms with Gasteiger partial charge in [0.1, 0.15) is 11.8 Å². The summed E-state index contributed by atoms with van der Waals surface area (Å²) < 4.78 is 10.4. The maximum Gasteiger partial charge on any atom is 0.294 e. The predicted octanol–water partition coefficient (Wildman–Crippen LogP) is 2.95. The van der Waals surface area contributed by atoms with Crippen LogP contribution in [0.15, 0.2) is 47.6 Å². The molecular formula is C16H14N4O4. The zero-order chi connectivity index (χ0) is 17.4. The van der Waals surface area contributed by atoms with Gasteiger partial charge in [-0.1, -0.05) is 12.1 Å². The molecule has 0 fully saturated rings. The quantitative estimate of drug-likeness (QED) is 0.476. The van der Waals surface area contributed by atoms with Crippen LogP contribution in [-0.4, -0.2) is 24.9 Å². The van der Waals surface area contributed by atoms with Gasteiger partial charge in [0.25, 0.3) is 5.69 Å². The van der Waals surface area contributed by atoms with Crippen LogP contribution in [0.25, 0.3) is 0 Å². The molecule has 8 nitrogen and oxygen atoms in total. The van der Waals surface area contributed by atoms with Crippen LogP contribution in [0.3, 0.4) is 0 Å². The first kappa shape index (κ1) is 16.8. The second kappa shape index (κ2) is 8.14. The summed E-state index contributed by atoms with van der Waals surface area (Å²) in [7, 11) is 1.49. The maximum absolute atomic E-state index is 10.9.